The molecule has 1 aromatic heterocycles. The van der Waals surface area contributed by atoms with Crippen LogP contribution in [0.1, 0.15) is 28.3 Å². The second-order valence-corrected chi connectivity index (χ2v) is 5.67. The van der Waals surface area contributed by atoms with E-state index in [-0.39, 0.29) is 6.04 Å². The number of rotatable bonds is 6. The Hall–Kier alpha value is -1.36. The molecule has 0 amide bonds. The number of thiophene rings is 1. The summed E-state index contributed by atoms with van der Waals surface area (Å²) >= 11 is 1.85. The van der Waals surface area contributed by atoms with Gasteiger partial charge in [-0.3, -0.25) is 11.3 Å². The molecule has 1 aromatic carbocycles. The Morgan fingerprint density at radius 1 is 1.26 bits per heavy atom. The molecule has 102 valence electrons. The van der Waals surface area contributed by atoms with Crippen molar-refractivity contribution in [1.82, 2.24) is 5.43 Å². The summed E-state index contributed by atoms with van der Waals surface area (Å²) in [5.74, 6) is 6.56. The lowest BCUT2D eigenvalue weighted by atomic mass is 10.0. The molecule has 4 heteroatoms. The van der Waals surface area contributed by atoms with Gasteiger partial charge in [0.1, 0.15) is 5.75 Å². The van der Waals surface area contributed by atoms with E-state index in [2.05, 4.69) is 30.5 Å². The van der Waals surface area contributed by atoms with Crippen molar-refractivity contribution in [3.63, 3.8) is 0 Å². The van der Waals surface area contributed by atoms with Crippen LogP contribution in [0.5, 0.6) is 5.75 Å². The van der Waals surface area contributed by atoms with Gasteiger partial charge in [-0.1, -0.05) is 19.1 Å². The van der Waals surface area contributed by atoms with Gasteiger partial charge < -0.3 is 4.74 Å². The highest BCUT2D eigenvalue weighted by atomic mass is 32.1. The number of hydrogen-bond donors (Lipinski definition) is 2. The maximum Gasteiger partial charge on any atom is 0.119 e. The third kappa shape index (κ3) is 3.56. The fraction of sp³-hybridized carbons (Fsp3) is 0.333. The van der Waals surface area contributed by atoms with Crippen LogP contribution in [0.2, 0.25) is 0 Å². The topological polar surface area (TPSA) is 47.3 Å². The summed E-state index contributed by atoms with van der Waals surface area (Å²) in [5, 5.41) is 0. The molecular weight excluding hydrogens is 256 g/mol. The molecular formula is C15H20N2OS. The first-order valence-corrected chi connectivity index (χ1v) is 7.26. The largest absolute Gasteiger partial charge is 0.497 e. The zero-order chi connectivity index (χ0) is 13.7. The number of nitrogens with one attached hydrogen (secondary N) is 1. The molecule has 0 saturated heterocycles. The quantitative estimate of drug-likeness (QED) is 0.629. The Labute approximate surface area is 118 Å². The first kappa shape index (κ1) is 14.1. The van der Waals surface area contributed by atoms with Crippen molar-refractivity contribution in [2.75, 3.05) is 7.11 Å². The molecule has 1 unspecified atom stereocenters. The molecule has 0 fully saturated rings. The lowest BCUT2D eigenvalue weighted by molar-refractivity contribution is 0.413. The van der Waals surface area contributed by atoms with Crippen LogP contribution in [-0.4, -0.2) is 7.11 Å². The van der Waals surface area contributed by atoms with Crippen molar-refractivity contribution >= 4 is 11.3 Å². The van der Waals surface area contributed by atoms with Gasteiger partial charge >= 0.3 is 0 Å². The van der Waals surface area contributed by atoms with E-state index in [1.165, 1.54) is 9.75 Å². The molecule has 19 heavy (non-hydrogen) atoms. The molecule has 3 N–H and O–H groups in total. The number of methoxy groups -OCH3 is 1. The molecule has 0 radical (unpaired) electrons. The number of hydrogen-bond acceptors (Lipinski definition) is 4. The van der Waals surface area contributed by atoms with E-state index in [9.17, 15) is 0 Å². The van der Waals surface area contributed by atoms with Crippen molar-refractivity contribution in [1.29, 1.82) is 0 Å². The highest BCUT2D eigenvalue weighted by Gasteiger charge is 2.12. The lowest BCUT2D eigenvalue weighted by Crippen LogP contribution is -2.29. The summed E-state index contributed by atoms with van der Waals surface area (Å²) in [7, 11) is 1.68. The van der Waals surface area contributed by atoms with Crippen molar-refractivity contribution in [3.05, 3.63) is 51.7 Å². The van der Waals surface area contributed by atoms with Crippen LogP contribution in [0, 0.1) is 0 Å². The summed E-state index contributed by atoms with van der Waals surface area (Å²) in [6.45, 7) is 2.18. The van der Waals surface area contributed by atoms with Crippen LogP contribution in [0.4, 0.5) is 0 Å². The average Bonchev–Trinajstić information content (AvgIpc) is 2.92. The molecule has 0 bridgehead atoms. The second-order valence-electron chi connectivity index (χ2n) is 4.42. The van der Waals surface area contributed by atoms with E-state index in [0.29, 0.717) is 0 Å². The van der Waals surface area contributed by atoms with Crippen molar-refractivity contribution in [3.8, 4) is 5.75 Å². The van der Waals surface area contributed by atoms with Gasteiger partial charge in [0, 0.05) is 16.2 Å². The van der Waals surface area contributed by atoms with E-state index >= 15 is 0 Å². The van der Waals surface area contributed by atoms with Crippen LogP contribution in [-0.2, 0) is 12.8 Å². The third-order valence-electron chi connectivity index (χ3n) is 3.17. The summed E-state index contributed by atoms with van der Waals surface area (Å²) in [5.41, 5.74) is 4.04. The smallest absolute Gasteiger partial charge is 0.119 e. The predicted octanol–water partition coefficient (Wildman–Crippen LogP) is 3.07. The van der Waals surface area contributed by atoms with Gasteiger partial charge in [-0.05, 0) is 36.2 Å². The normalized spacial score (nSPS) is 12.4. The lowest BCUT2D eigenvalue weighted by Gasteiger charge is -2.16. The number of benzene rings is 1. The van der Waals surface area contributed by atoms with Gasteiger partial charge in [0.25, 0.3) is 0 Å². The Bertz CT molecular complexity index is 524. The van der Waals surface area contributed by atoms with Crippen LogP contribution >= 0.6 is 11.3 Å². The third-order valence-corrected chi connectivity index (χ3v) is 4.42. The van der Waals surface area contributed by atoms with E-state index in [1.54, 1.807) is 7.11 Å². The zero-order valence-corrected chi connectivity index (χ0v) is 12.2. The van der Waals surface area contributed by atoms with Crippen LogP contribution in [0.25, 0.3) is 0 Å². The summed E-state index contributed by atoms with van der Waals surface area (Å²) < 4.78 is 5.26. The monoisotopic (exact) mass is 276 g/mol. The van der Waals surface area contributed by atoms with Gasteiger partial charge in [0.2, 0.25) is 0 Å². The molecule has 1 heterocycles. The summed E-state index contributed by atoms with van der Waals surface area (Å²) in [4.78, 5) is 2.76. The van der Waals surface area contributed by atoms with Crippen molar-refractivity contribution in [2.45, 2.75) is 25.8 Å². The Morgan fingerprint density at radius 3 is 2.68 bits per heavy atom. The highest BCUT2D eigenvalue weighted by molar-refractivity contribution is 7.11. The molecule has 0 aliphatic heterocycles. The number of hydrazine groups is 1. The first-order valence-electron chi connectivity index (χ1n) is 6.44. The second kappa shape index (κ2) is 6.70. The number of ether oxygens (including phenoxy) is 1. The molecule has 0 aliphatic rings. The highest BCUT2D eigenvalue weighted by Crippen LogP contribution is 2.25. The predicted molar refractivity (Wildman–Crippen MR) is 80.5 cm³/mol. The van der Waals surface area contributed by atoms with Crippen molar-refractivity contribution < 1.29 is 4.74 Å². The Balaban J connectivity index is 2.14. The van der Waals surface area contributed by atoms with Crippen LogP contribution in [0.3, 0.4) is 0 Å². The average molecular weight is 276 g/mol. The Morgan fingerprint density at radius 2 is 2.05 bits per heavy atom. The molecule has 2 aromatic rings. The minimum Gasteiger partial charge on any atom is -0.497 e. The van der Waals surface area contributed by atoms with Gasteiger partial charge in [0.05, 0.1) is 13.2 Å². The fourth-order valence-electron chi connectivity index (χ4n) is 2.05. The Kier molecular flexibility index (Phi) is 4.96. The minimum atomic E-state index is 0.110. The van der Waals surface area contributed by atoms with Crippen molar-refractivity contribution in [2.24, 2.45) is 5.84 Å². The van der Waals surface area contributed by atoms with Gasteiger partial charge in [0.15, 0.2) is 0 Å². The molecule has 3 nitrogen and oxygen atoms in total. The van der Waals surface area contributed by atoms with Gasteiger partial charge in [-0.25, -0.2) is 0 Å². The summed E-state index contributed by atoms with van der Waals surface area (Å²) in [6, 6.07) is 12.5. The summed E-state index contributed by atoms with van der Waals surface area (Å²) in [6.07, 6.45) is 1.99. The van der Waals surface area contributed by atoms with Crippen LogP contribution < -0.4 is 16.0 Å². The fourth-order valence-corrected chi connectivity index (χ4v) is 3.06. The maximum absolute atomic E-state index is 5.70. The van der Waals surface area contributed by atoms with E-state index in [4.69, 9.17) is 10.6 Å². The standard InChI is InChI=1S/C15H20N2OS/c1-3-13-7-8-14(19-13)10-15(17-16)11-5-4-6-12(9-11)18-2/h4-9,15,17H,3,10,16H2,1-2H3. The maximum atomic E-state index is 5.70. The SMILES string of the molecule is CCc1ccc(CC(NN)c2cccc(OC)c2)s1. The van der Waals surface area contributed by atoms with E-state index < -0.39 is 0 Å². The molecule has 0 saturated carbocycles. The molecule has 0 aliphatic carbocycles. The van der Waals surface area contributed by atoms with Gasteiger partial charge in [-0.15, -0.1) is 11.3 Å². The number of nitrogens with two attached hydrogens (primary N) is 1. The van der Waals surface area contributed by atoms with E-state index in [0.717, 1.165) is 24.2 Å². The van der Waals surface area contributed by atoms with E-state index in [1.807, 2.05) is 29.5 Å². The zero-order valence-electron chi connectivity index (χ0n) is 11.3. The number of aryl methyl sites for hydroxylation is 1. The first-order chi connectivity index (χ1) is 9.26. The van der Waals surface area contributed by atoms with Crippen LogP contribution in [0.15, 0.2) is 36.4 Å². The molecule has 2 rings (SSSR count). The molecule has 0 spiro atoms. The minimum absolute atomic E-state index is 0.110. The van der Waals surface area contributed by atoms with Gasteiger partial charge in [-0.2, -0.15) is 0 Å². The molecule has 1 atom stereocenters.